The summed E-state index contributed by atoms with van der Waals surface area (Å²) in [6.07, 6.45) is 0.603. The minimum atomic E-state index is -3.83. The Bertz CT molecular complexity index is 795. The van der Waals surface area contributed by atoms with Crippen LogP contribution in [0.15, 0.2) is 51.6 Å². The number of sulfonamides is 2. The summed E-state index contributed by atoms with van der Waals surface area (Å²) in [6.45, 7) is 0.278. The molecule has 0 atom stereocenters. The number of nitrogens with one attached hydrogen (secondary N) is 1. The Morgan fingerprint density at radius 1 is 1.00 bits per heavy atom. The van der Waals surface area contributed by atoms with Gasteiger partial charge in [-0.25, -0.2) is 26.7 Å². The van der Waals surface area contributed by atoms with Gasteiger partial charge in [0.15, 0.2) is 0 Å². The molecule has 21 heavy (non-hydrogen) atoms. The molecule has 0 saturated carbocycles. The quantitative estimate of drug-likeness (QED) is 0.811. The summed E-state index contributed by atoms with van der Waals surface area (Å²) in [6, 6.07) is 8.60. The molecule has 0 fully saturated rings. The van der Waals surface area contributed by atoms with Gasteiger partial charge in [-0.3, -0.25) is 0 Å². The first kappa shape index (κ1) is 16.1. The summed E-state index contributed by atoms with van der Waals surface area (Å²) in [5, 5.41) is 6.89. The second-order valence-corrected chi connectivity index (χ2v) is 8.60. The highest BCUT2D eigenvalue weighted by molar-refractivity contribution is 7.89. The van der Waals surface area contributed by atoms with Crippen molar-refractivity contribution in [2.45, 2.75) is 16.2 Å². The molecule has 1 aromatic heterocycles. The van der Waals surface area contributed by atoms with E-state index in [-0.39, 0.29) is 16.3 Å². The third-order valence-electron chi connectivity index (χ3n) is 2.71. The lowest BCUT2D eigenvalue weighted by Gasteiger charge is -2.06. The molecule has 1 aromatic carbocycles. The number of hydrogen-bond acceptors (Lipinski definition) is 5. The number of rotatable bonds is 6. The Kier molecular flexibility index (Phi) is 4.79. The van der Waals surface area contributed by atoms with Crippen LogP contribution in [0.25, 0.3) is 0 Å². The zero-order valence-electron chi connectivity index (χ0n) is 10.9. The zero-order valence-corrected chi connectivity index (χ0v) is 13.3. The molecule has 0 unspecified atom stereocenters. The van der Waals surface area contributed by atoms with Gasteiger partial charge in [-0.1, -0.05) is 6.07 Å². The minimum absolute atomic E-state index is 0.001000. The van der Waals surface area contributed by atoms with E-state index < -0.39 is 20.0 Å². The molecule has 0 amide bonds. The normalized spacial score (nSPS) is 12.4. The largest absolute Gasteiger partial charge is 0.240 e. The molecule has 0 bridgehead atoms. The number of benzene rings is 1. The van der Waals surface area contributed by atoms with Gasteiger partial charge in [0, 0.05) is 11.4 Å². The van der Waals surface area contributed by atoms with E-state index in [9.17, 15) is 16.8 Å². The maximum Gasteiger partial charge on any atom is 0.240 e. The Morgan fingerprint density at radius 2 is 1.62 bits per heavy atom. The molecular formula is C12H14N2O4S3. The van der Waals surface area contributed by atoms with Crippen LogP contribution in [0.1, 0.15) is 4.88 Å². The van der Waals surface area contributed by atoms with Crippen molar-refractivity contribution in [3.05, 3.63) is 46.7 Å². The third kappa shape index (κ3) is 4.35. The van der Waals surface area contributed by atoms with Crippen molar-refractivity contribution in [1.29, 1.82) is 0 Å². The molecule has 2 aromatic rings. The summed E-state index contributed by atoms with van der Waals surface area (Å²) in [7, 11) is -7.48. The lowest BCUT2D eigenvalue weighted by atomic mass is 10.3. The Labute approximate surface area is 127 Å². The van der Waals surface area contributed by atoms with Gasteiger partial charge in [0.2, 0.25) is 20.0 Å². The van der Waals surface area contributed by atoms with Crippen LogP contribution < -0.4 is 9.86 Å². The molecule has 0 saturated heterocycles. The smallest absolute Gasteiger partial charge is 0.225 e. The van der Waals surface area contributed by atoms with Crippen LogP contribution in [0.4, 0.5) is 0 Å². The van der Waals surface area contributed by atoms with E-state index in [1.54, 1.807) is 11.3 Å². The molecule has 9 heteroatoms. The maximum absolute atomic E-state index is 12.0. The molecular weight excluding hydrogens is 332 g/mol. The van der Waals surface area contributed by atoms with E-state index >= 15 is 0 Å². The first-order valence-corrected chi connectivity index (χ1v) is 9.85. The Morgan fingerprint density at radius 3 is 2.14 bits per heavy atom. The standard InChI is InChI=1S/C12H14N2O4S3/c13-20(15,16)11-3-5-12(6-4-11)21(17,18)14-8-7-10-2-1-9-19-10/h1-6,9,14H,7-8H2,(H2,13,15,16). The van der Waals surface area contributed by atoms with Crippen LogP contribution in [0.2, 0.25) is 0 Å². The predicted octanol–water partition coefficient (Wildman–Crippen LogP) is 0.917. The van der Waals surface area contributed by atoms with Gasteiger partial charge in [-0.15, -0.1) is 11.3 Å². The van der Waals surface area contributed by atoms with E-state index in [4.69, 9.17) is 5.14 Å². The van der Waals surface area contributed by atoms with Crippen LogP contribution in [-0.4, -0.2) is 23.4 Å². The summed E-state index contributed by atoms with van der Waals surface area (Å²) in [4.78, 5) is 0.961. The van der Waals surface area contributed by atoms with E-state index in [1.807, 2.05) is 17.5 Å². The van der Waals surface area contributed by atoms with Crippen molar-refractivity contribution in [3.63, 3.8) is 0 Å². The second kappa shape index (κ2) is 6.24. The van der Waals surface area contributed by atoms with E-state index in [0.717, 1.165) is 4.88 Å². The SMILES string of the molecule is NS(=O)(=O)c1ccc(S(=O)(=O)NCCc2cccs2)cc1. The van der Waals surface area contributed by atoms with Crippen molar-refractivity contribution < 1.29 is 16.8 Å². The summed E-state index contributed by atoms with van der Waals surface area (Å²) in [5.41, 5.74) is 0. The van der Waals surface area contributed by atoms with E-state index in [1.165, 1.54) is 24.3 Å². The Hall–Kier alpha value is -1.26. The third-order valence-corrected chi connectivity index (χ3v) is 6.05. The van der Waals surface area contributed by atoms with Crippen molar-refractivity contribution in [2.24, 2.45) is 5.14 Å². The molecule has 0 aliphatic rings. The van der Waals surface area contributed by atoms with Crippen molar-refractivity contribution in [2.75, 3.05) is 6.54 Å². The lowest BCUT2D eigenvalue weighted by molar-refractivity contribution is 0.581. The summed E-state index contributed by atoms with van der Waals surface area (Å²) in [5.74, 6) is 0. The van der Waals surface area contributed by atoms with Crippen LogP contribution in [-0.2, 0) is 26.5 Å². The summed E-state index contributed by atoms with van der Waals surface area (Å²) < 4.78 is 48.8. The fourth-order valence-corrected chi connectivity index (χ4v) is 3.91. The molecule has 0 aliphatic heterocycles. The molecule has 2 rings (SSSR count). The average molecular weight is 346 g/mol. The lowest BCUT2D eigenvalue weighted by Crippen LogP contribution is -2.26. The molecule has 0 spiro atoms. The van der Waals surface area contributed by atoms with Gasteiger partial charge >= 0.3 is 0 Å². The first-order valence-electron chi connectivity index (χ1n) is 5.94. The van der Waals surface area contributed by atoms with E-state index in [0.29, 0.717) is 6.42 Å². The first-order chi connectivity index (χ1) is 9.79. The number of nitrogens with two attached hydrogens (primary N) is 1. The Balaban J connectivity index is 2.05. The van der Waals surface area contributed by atoms with E-state index in [2.05, 4.69) is 4.72 Å². The van der Waals surface area contributed by atoms with Gasteiger partial charge in [0.05, 0.1) is 9.79 Å². The minimum Gasteiger partial charge on any atom is -0.225 e. The molecule has 1 heterocycles. The van der Waals surface area contributed by atoms with Gasteiger partial charge in [-0.2, -0.15) is 0 Å². The van der Waals surface area contributed by atoms with Gasteiger partial charge in [0.1, 0.15) is 0 Å². The number of primary sulfonamides is 1. The molecule has 6 nitrogen and oxygen atoms in total. The predicted molar refractivity (Wildman–Crippen MR) is 81.0 cm³/mol. The fraction of sp³-hybridized carbons (Fsp3) is 0.167. The molecule has 0 radical (unpaired) electrons. The topological polar surface area (TPSA) is 106 Å². The summed E-state index contributed by atoms with van der Waals surface area (Å²) >= 11 is 1.56. The molecule has 3 N–H and O–H groups in total. The van der Waals surface area contributed by atoms with Crippen LogP contribution in [0.5, 0.6) is 0 Å². The van der Waals surface area contributed by atoms with Gasteiger partial charge in [-0.05, 0) is 42.1 Å². The number of hydrogen-bond donors (Lipinski definition) is 2. The van der Waals surface area contributed by atoms with Crippen LogP contribution in [0.3, 0.4) is 0 Å². The highest BCUT2D eigenvalue weighted by Gasteiger charge is 2.15. The molecule has 0 aliphatic carbocycles. The van der Waals surface area contributed by atoms with Crippen molar-refractivity contribution >= 4 is 31.4 Å². The second-order valence-electron chi connectivity index (χ2n) is 4.24. The van der Waals surface area contributed by atoms with Crippen molar-refractivity contribution in [1.82, 2.24) is 4.72 Å². The highest BCUT2D eigenvalue weighted by atomic mass is 32.2. The zero-order chi connectivity index (χ0) is 15.5. The van der Waals surface area contributed by atoms with Gasteiger partial charge < -0.3 is 0 Å². The number of thiophene rings is 1. The van der Waals surface area contributed by atoms with Crippen LogP contribution in [0, 0.1) is 0 Å². The fourth-order valence-electron chi connectivity index (χ4n) is 1.66. The average Bonchev–Trinajstić information content (AvgIpc) is 2.91. The highest BCUT2D eigenvalue weighted by Crippen LogP contribution is 2.14. The molecule has 114 valence electrons. The van der Waals surface area contributed by atoms with Crippen LogP contribution >= 0.6 is 11.3 Å². The maximum atomic E-state index is 12.0. The van der Waals surface area contributed by atoms with Gasteiger partial charge in [0.25, 0.3) is 0 Å². The van der Waals surface area contributed by atoms with Crippen molar-refractivity contribution in [3.8, 4) is 0 Å². The monoisotopic (exact) mass is 346 g/mol.